The van der Waals surface area contributed by atoms with Crippen LogP contribution in [0.2, 0.25) is 0 Å². The van der Waals surface area contributed by atoms with E-state index in [1.165, 1.54) is 35.3 Å². The third kappa shape index (κ3) is 2.50. The molecule has 128 valence electrons. The summed E-state index contributed by atoms with van der Waals surface area (Å²) >= 11 is 0. The van der Waals surface area contributed by atoms with Gasteiger partial charge in [0.05, 0.1) is 5.92 Å². The number of nitrogens with zero attached hydrogens (tertiary/aromatic N) is 7. The Morgan fingerprint density at radius 3 is 2.48 bits per heavy atom. The van der Waals surface area contributed by atoms with Crippen LogP contribution in [0.25, 0.3) is 5.78 Å². The van der Waals surface area contributed by atoms with Crippen LogP contribution in [0.3, 0.4) is 0 Å². The Morgan fingerprint density at radius 1 is 1.04 bits per heavy atom. The molecule has 1 saturated carbocycles. The zero-order valence-electron chi connectivity index (χ0n) is 13.3. The second kappa shape index (κ2) is 5.40. The van der Waals surface area contributed by atoms with E-state index in [1.54, 1.807) is 0 Å². The van der Waals surface area contributed by atoms with Crippen LogP contribution in [0.5, 0.6) is 0 Å². The molecule has 7 nitrogen and oxygen atoms in total. The Hall–Kier alpha value is -2.71. The van der Waals surface area contributed by atoms with Crippen molar-refractivity contribution in [3.63, 3.8) is 0 Å². The molecule has 0 amide bonds. The molecule has 0 aromatic carbocycles. The van der Waals surface area contributed by atoms with Crippen LogP contribution < -0.4 is 4.90 Å². The van der Waals surface area contributed by atoms with Crippen LogP contribution >= 0.6 is 0 Å². The first-order valence-electron chi connectivity index (χ1n) is 8.24. The number of alkyl halides is 2. The van der Waals surface area contributed by atoms with Crippen molar-refractivity contribution in [2.45, 2.75) is 31.1 Å². The monoisotopic (exact) mass is 343 g/mol. The van der Waals surface area contributed by atoms with E-state index in [9.17, 15) is 8.78 Å². The second-order valence-corrected chi connectivity index (χ2v) is 6.56. The third-order valence-electron chi connectivity index (χ3n) is 4.79. The number of aromatic nitrogens is 6. The number of halogens is 2. The SMILES string of the molecule is FC(F)c1cc(N2CC(c3ncc(C4CC4)cn3)C2)n2ncnc2n1. The van der Waals surface area contributed by atoms with Crippen LogP contribution in [0.15, 0.2) is 24.8 Å². The second-order valence-electron chi connectivity index (χ2n) is 6.56. The molecule has 2 aliphatic rings. The van der Waals surface area contributed by atoms with E-state index in [2.05, 4.69) is 25.0 Å². The van der Waals surface area contributed by atoms with Gasteiger partial charge in [-0.3, -0.25) is 0 Å². The Kier molecular flexibility index (Phi) is 3.16. The van der Waals surface area contributed by atoms with Gasteiger partial charge in [-0.05, 0) is 24.3 Å². The highest BCUT2D eigenvalue weighted by atomic mass is 19.3. The van der Waals surface area contributed by atoms with Gasteiger partial charge in [-0.25, -0.2) is 23.7 Å². The largest absolute Gasteiger partial charge is 0.355 e. The van der Waals surface area contributed by atoms with Gasteiger partial charge in [0, 0.05) is 31.5 Å². The summed E-state index contributed by atoms with van der Waals surface area (Å²) in [6, 6.07) is 1.37. The summed E-state index contributed by atoms with van der Waals surface area (Å²) in [5, 5.41) is 4.08. The Morgan fingerprint density at radius 2 is 1.80 bits per heavy atom. The smallest absolute Gasteiger partial charge is 0.280 e. The molecule has 9 heteroatoms. The van der Waals surface area contributed by atoms with Crippen molar-refractivity contribution in [3.8, 4) is 0 Å². The van der Waals surface area contributed by atoms with Gasteiger partial charge < -0.3 is 4.90 Å². The van der Waals surface area contributed by atoms with Gasteiger partial charge in [0.1, 0.15) is 23.7 Å². The zero-order valence-corrected chi connectivity index (χ0v) is 13.3. The minimum Gasteiger partial charge on any atom is -0.355 e. The predicted octanol–water partition coefficient (Wildman–Crippen LogP) is 2.33. The zero-order chi connectivity index (χ0) is 17.0. The average Bonchev–Trinajstić information content (AvgIpc) is 3.31. The van der Waals surface area contributed by atoms with E-state index in [1.807, 2.05) is 17.3 Å². The summed E-state index contributed by atoms with van der Waals surface area (Å²) in [4.78, 5) is 18.7. The fraction of sp³-hybridized carbons (Fsp3) is 0.438. The molecular formula is C16H15F2N7. The van der Waals surface area contributed by atoms with Crippen molar-refractivity contribution < 1.29 is 8.78 Å². The lowest BCUT2D eigenvalue weighted by Gasteiger charge is -2.39. The van der Waals surface area contributed by atoms with Gasteiger partial charge >= 0.3 is 0 Å². The Bertz CT molecular complexity index is 914. The van der Waals surface area contributed by atoms with Crippen molar-refractivity contribution in [2.24, 2.45) is 0 Å². The van der Waals surface area contributed by atoms with E-state index >= 15 is 0 Å². The normalized spacial score (nSPS) is 18.1. The maximum absolute atomic E-state index is 13.1. The molecule has 2 fully saturated rings. The molecule has 25 heavy (non-hydrogen) atoms. The predicted molar refractivity (Wildman–Crippen MR) is 84.7 cm³/mol. The first kappa shape index (κ1) is 14.6. The van der Waals surface area contributed by atoms with E-state index in [4.69, 9.17) is 0 Å². The molecule has 5 rings (SSSR count). The molecule has 0 unspecified atom stereocenters. The van der Waals surface area contributed by atoms with Crippen molar-refractivity contribution >= 4 is 11.6 Å². The summed E-state index contributed by atoms with van der Waals surface area (Å²) < 4.78 is 27.6. The molecule has 0 bridgehead atoms. The summed E-state index contributed by atoms with van der Waals surface area (Å²) in [5.41, 5.74) is 0.920. The lowest BCUT2D eigenvalue weighted by molar-refractivity contribution is 0.146. The highest BCUT2D eigenvalue weighted by Crippen LogP contribution is 2.39. The number of anilines is 1. The van der Waals surface area contributed by atoms with Crippen molar-refractivity contribution in [3.05, 3.63) is 41.9 Å². The van der Waals surface area contributed by atoms with E-state index < -0.39 is 6.43 Å². The molecule has 0 spiro atoms. The summed E-state index contributed by atoms with van der Waals surface area (Å²) in [5.74, 6) is 2.38. The minimum absolute atomic E-state index is 0.182. The molecular weight excluding hydrogens is 328 g/mol. The van der Waals surface area contributed by atoms with E-state index in [0.29, 0.717) is 24.8 Å². The van der Waals surface area contributed by atoms with Crippen LogP contribution in [-0.2, 0) is 0 Å². The van der Waals surface area contributed by atoms with Crippen LogP contribution in [0.1, 0.15) is 48.2 Å². The summed E-state index contributed by atoms with van der Waals surface area (Å²) in [7, 11) is 0. The lowest BCUT2D eigenvalue weighted by Crippen LogP contribution is -2.46. The Labute approximate surface area is 141 Å². The molecule has 1 aliphatic heterocycles. The summed E-state index contributed by atoms with van der Waals surface area (Å²) in [6.07, 6.45) is 4.96. The first-order chi connectivity index (χ1) is 12.2. The quantitative estimate of drug-likeness (QED) is 0.724. The van der Waals surface area contributed by atoms with Gasteiger partial charge in [-0.15, -0.1) is 0 Å². The molecule has 0 atom stereocenters. The molecule has 0 radical (unpaired) electrons. The summed E-state index contributed by atoms with van der Waals surface area (Å²) in [6.45, 7) is 1.31. The van der Waals surface area contributed by atoms with Gasteiger partial charge in [0.15, 0.2) is 0 Å². The van der Waals surface area contributed by atoms with Crippen LogP contribution in [0.4, 0.5) is 14.6 Å². The highest BCUT2D eigenvalue weighted by Gasteiger charge is 2.33. The lowest BCUT2D eigenvalue weighted by atomic mass is 9.99. The molecule has 4 heterocycles. The number of rotatable bonds is 4. The van der Waals surface area contributed by atoms with Crippen molar-refractivity contribution in [1.82, 2.24) is 29.5 Å². The molecule has 1 saturated heterocycles. The fourth-order valence-electron chi connectivity index (χ4n) is 3.17. The fourth-order valence-corrected chi connectivity index (χ4v) is 3.17. The highest BCUT2D eigenvalue weighted by molar-refractivity contribution is 5.50. The van der Waals surface area contributed by atoms with Gasteiger partial charge in [0.25, 0.3) is 12.2 Å². The first-order valence-corrected chi connectivity index (χ1v) is 8.24. The van der Waals surface area contributed by atoms with Crippen LogP contribution in [-0.4, -0.2) is 42.6 Å². The molecule has 1 aliphatic carbocycles. The minimum atomic E-state index is -2.64. The standard InChI is InChI=1S/C16H15F2N7/c17-14(18)12-3-13(25-16(23-12)21-8-22-25)24-6-11(7-24)15-19-4-10(5-20-15)9-1-2-9/h3-5,8-9,11,14H,1-2,6-7H2. The van der Waals surface area contributed by atoms with Gasteiger partial charge in [0.2, 0.25) is 0 Å². The third-order valence-corrected chi connectivity index (χ3v) is 4.79. The number of hydrogen-bond acceptors (Lipinski definition) is 6. The maximum atomic E-state index is 13.1. The van der Waals surface area contributed by atoms with E-state index in [-0.39, 0.29) is 17.4 Å². The average molecular weight is 343 g/mol. The van der Waals surface area contributed by atoms with E-state index in [0.717, 1.165) is 5.82 Å². The number of hydrogen-bond donors (Lipinski definition) is 0. The maximum Gasteiger partial charge on any atom is 0.280 e. The van der Waals surface area contributed by atoms with Gasteiger partial charge in [-0.1, -0.05) is 0 Å². The topological polar surface area (TPSA) is 72.1 Å². The Balaban J connectivity index is 1.37. The molecule has 3 aromatic rings. The van der Waals surface area contributed by atoms with Crippen LogP contribution in [0, 0.1) is 0 Å². The molecule has 3 aromatic heterocycles. The van der Waals surface area contributed by atoms with Gasteiger partial charge in [-0.2, -0.15) is 14.6 Å². The van der Waals surface area contributed by atoms with Crippen molar-refractivity contribution in [2.75, 3.05) is 18.0 Å². The molecule has 0 N–H and O–H groups in total. The van der Waals surface area contributed by atoms with Crippen molar-refractivity contribution in [1.29, 1.82) is 0 Å². The number of fused-ring (bicyclic) bond motifs is 1.